The molecule has 1 atom stereocenters. The molecule has 2 aliphatic heterocycles. The van der Waals surface area contributed by atoms with Crippen molar-refractivity contribution in [2.45, 2.75) is 18.8 Å². The first-order valence-electron chi connectivity index (χ1n) is 11.0. The molecule has 3 aromatic rings. The summed E-state index contributed by atoms with van der Waals surface area (Å²) in [5.74, 6) is 0.0934. The molecule has 0 saturated carbocycles. The molecule has 4 nitrogen and oxygen atoms in total. The van der Waals surface area contributed by atoms with Crippen LogP contribution in [-0.4, -0.2) is 47.8 Å². The number of nitrogens with zero attached hydrogens (tertiary/aromatic N) is 2. The normalized spacial score (nSPS) is 18.7. The zero-order chi connectivity index (χ0) is 21.2. The Labute approximate surface area is 182 Å². The SMILES string of the molecule is O=C1c2cccc3cccc(c23)C(=O)N1CCCCN1CC=CC(c2ccccc2)C1. The fraction of sp³-hybridized carbons (Fsp3) is 0.259. The monoisotopic (exact) mass is 410 g/mol. The maximum absolute atomic E-state index is 13.0. The molecule has 0 saturated heterocycles. The van der Waals surface area contributed by atoms with Crippen LogP contribution in [-0.2, 0) is 0 Å². The van der Waals surface area contributed by atoms with Crippen molar-refractivity contribution in [3.63, 3.8) is 0 Å². The van der Waals surface area contributed by atoms with Gasteiger partial charge in [0, 0.05) is 42.1 Å². The Balaban J connectivity index is 1.19. The van der Waals surface area contributed by atoms with Gasteiger partial charge in [0.1, 0.15) is 0 Å². The Bertz CT molecular complexity index is 1100. The standard InChI is InChI=1S/C27H26N2O2/c30-26-23-14-6-11-21-12-7-15-24(25(21)23)27(31)29(26)18-5-4-16-28-17-8-13-22(19-28)20-9-2-1-3-10-20/h1-3,6-15,22H,4-5,16-19H2. The van der Waals surface area contributed by atoms with Gasteiger partial charge in [-0.2, -0.15) is 0 Å². The minimum absolute atomic E-state index is 0.167. The first-order valence-corrected chi connectivity index (χ1v) is 11.0. The van der Waals surface area contributed by atoms with Crippen LogP contribution in [0.25, 0.3) is 10.8 Å². The van der Waals surface area contributed by atoms with Gasteiger partial charge in [-0.1, -0.05) is 66.7 Å². The molecule has 1 unspecified atom stereocenters. The van der Waals surface area contributed by atoms with Crippen molar-refractivity contribution >= 4 is 22.6 Å². The molecule has 0 aliphatic carbocycles. The summed E-state index contributed by atoms with van der Waals surface area (Å²) in [5, 5.41) is 1.74. The summed E-state index contributed by atoms with van der Waals surface area (Å²) in [6, 6.07) is 21.9. The molecular weight excluding hydrogens is 384 g/mol. The van der Waals surface area contributed by atoms with E-state index in [1.54, 1.807) is 0 Å². The summed E-state index contributed by atoms with van der Waals surface area (Å²) in [6.45, 7) is 3.40. The smallest absolute Gasteiger partial charge is 0.261 e. The highest BCUT2D eigenvalue weighted by molar-refractivity contribution is 6.25. The minimum atomic E-state index is -0.167. The molecule has 0 N–H and O–H groups in total. The second kappa shape index (κ2) is 8.48. The van der Waals surface area contributed by atoms with Crippen molar-refractivity contribution in [1.29, 1.82) is 0 Å². The Kier molecular flexibility index (Phi) is 5.39. The molecule has 4 heteroatoms. The molecule has 0 spiro atoms. The highest BCUT2D eigenvalue weighted by atomic mass is 16.2. The number of carbonyl (C=O) groups excluding carboxylic acids is 2. The molecule has 3 aromatic carbocycles. The summed E-state index contributed by atoms with van der Waals surface area (Å²) in [5.41, 5.74) is 2.62. The third kappa shape index (κ3) is 3.79. The van der Waals surface area contributed by atoms with E-state index in [1.807, 2.05) is 36.4 Å². The molecule has 0 fully saturated rings. The Morgan fingerprint density at radius 3 is 2.16 bits per heavy atom. The number of amides is 2. The second-order valence-electron chi connectivity index (χ2n) is 8.38. The predicted octanol–water partition coefficient (Wildman–Crippen LogP) is 4.87. The van der Waals surface area contributed by atoms with E-state index < -0.39 is 0 Å². The van der Waals surface area contributed by atoms with Crippen molar-refractivity contribution < 1.29 is 9.59 Å². The minimum Gasteiger partial charge on any atom is -0.299 e. The Morgan fingerprint density at radius 2 is 1.45 bits per heavy atom. The molecule has 0 radical (unpaired) electrons. The zero-order valence-electron chi connectivity index (χ0n) is 17.5. The van der Waals surface area contributed by atoms with E-state index in [0.29, 0.717) is 23.6 Å². The average Bonchev–Trinajstić information content (AvgIpc) is 2.82. The number of hydrogen-bond acceptors (Lipinski definition) is 3. The fourth-order valence-electron chi connectivity index (χ4n) is 4.78. The van der Waals surface area contributed by atoms with Gasteiger partial charge >= 0.3 is 0 Å². The third-order valence-corrected chi connectivity index (χ3v) is 6.38. The summed E-state index contributed by atoms with van der Waals surface area (Å²) in [4.78, 5) is 29.9. The average molecular weight is 411 g/mol. The number of rotatable bonds is 6. The van der Waals surface area contributed by atoms with E-state index in [4.69, 9.17) is 0 Å². The summed E-state index contributed by atoms with van der Waals surface area (Å²) >= 11 is 0. The van der Waals surface area contributed by atoms with Gasteiger partial charge in [-0.15, -0.1) is 0 Å². The van der Waals surface area contributed by atoms with Crippen molar-refractivity contribution in [2.75, 3.05) is 26.2 Å². The Hall–Kier alpha value is -3.24. The molecule has 5 rings (SSSR count). The summed E-state index contributed by atoms with van der Waals surface area (Å²) < 4.78 is 0. The van der Waals surface area contributed by atoms with Gasteiger partial charge in [0.2, 0.25) is 0 Å². The van der Waals surface area contributed by atoms with E-state index >= 15 is 0 Å². The van der Waals surface area contributed by atoms with Crippen LogP contribution in [0.4, 0.5) is 0 Å². The van der Waals surface area contributed by atoms with E-state index in [1.165, 1.54) is 10.5 Å². The van der Waals surface area contributed by atoms with Crippen molar-refractivity contribution in [3.8, 4) is 0 Å². The van der Waals surface area contributed by atoms with Gasteiger partial charge < -0.3 is 0 Å². The summed E-state index contributed by atoms with van der Waals surface area (Å²) in [7, 11) is 0. The van der Waals surface area contributed by atoms with Crippen LogP contribution < -0.4 is 0 Å². The lowest BCUT2D eigenvalue weighted by atomic mass is 9.94. The van der Waals surface area contributed by atoms with Gasteiger partial charge in [-0.05, 0) is 42.5 Å². The largest absolute Gasteiger partial charge is 0.299 e. The molecule has 2 heterocycles. The van der Waals surface area contributed by atoms with Crippen LogP contribution in [0.3, 0.4) is 0 Å². The number of hydrogen-bond donors (Lipinski definition) is 0. The van der Waals surface area contributed by atoms with Crippen LogP contribution >= 0.6 is 0 Å². The predicted molar refractivity (Wildman–Crippen MR) is 123 cm³/mol. The fourth-order valence-corrected chi connectivity index (χ4v) is 4.78. The van der Waals surface area contributed by atoms with Crippen molar-refractivity contribution in [1.82, 2.24) is 9.80 Å². The number of benzene rings is 3. The molecule has 2 amide bonds. The number of imide groups is 1. The lowest BCUT2D eigenvalue weighted by Crippen LogP contribution is -2.41. The Morgan fingerprint density at radius 1 is 0.774 bits per heavy atom. The van der Waals surface area contributed by atoms with Crippen LogP contribution in [0, 0.1) is 0 Å². The van der Waals surface area contributed by atoms with Crippen LogP contribution in [0.5, 0.6) is 0 Å². The van der Waals surface area contributed by atoms with Gasteiger partial charge in [0.15, 0.2) is 0 Å². The van der Waals surface area contributed by atoms with Crippen molar-refractivity contribution in [3.05, 3.63) is 95.6 Å². The van der Waals surface area contributed by atoms with Crippen molar-refractivity contribution in [2.24, 2.45) is 0 Å². The molecule has 0 aromatic heterocycles. The maximum Gasteiger partial charge on any atom is 0.261 e. The highest BCUT2D eigenvalue weighted by Gasteiger charge is 2.32. The third-order valence-electron chi connectivity index (χ3n) is 6.38. The van der Waals surface area contributed by atoms with E-state index in [9.17, 15) is 9.59 Å². The van der Waals surface area contributed by atoms with Gasteiger partial charge in [0.25, 0.3) is 11.8 Å². The lowest BCUT2D eigenvalue weighted by Gasteiger charge is -2.30. The molecular formula is C27H26N2O2. The molecule has 156 valence electrons. The molecule has 2 aliphatic rings. The quantitative estimate of drug-likeness (QED) is 0.331. The highest BCUT2D eigenvalue weighted by Crippen LogP contribution is 2.30. The van der Waals surface area contributed by atoms with Crippen LogP contribution in [0.1, 0.15) is 45.0 Å². The van der Waals surface area contributed by atoms with Crippen LogP contribution in [0.15, 0.2) is 78.9 Å². The first-order chi connectivity index (χ1) is 15.2. The van der Waals surface area contributed by atoms with E-state index in [-0.39, 0.29) is 11.8 Å². The van der Waals surface area contributed by atoms with Gasteiger partial charge in [-0.25, -0.2) is 0 Å². The van der Waals surface area contributed by atoms with E-state index in [0.717, 1.165) is 43.2 Å². The van der Waals surface area contributed by atoms with Gasteiger partial charge in [0.05, 0.1) is 0 Å². The number of unbranched alkanes of at least 4 members (excludes halogenated alkanes) is 1. The lowest BCUT2D eigenvalue weighted by molar-refractivity contribution is 0.0606. The van der Waals surface area contributed by atoms with E-state index in [2.05, 4.69) is 47.4 Å². The number of carbonyl (C=O) groups is 2. The topological polar surface area (TPSA) is 40.6 Å². The molecule has 31 heavy (non-hydrogen) atoms. The van der Waals surface area contributed by atoms with Gasteiger partial charge in [-0.3, -0.25) is 19.4 Å². The summed E-state index contributed by atoms with van der Waals surface area (Å²) in [6.07, 6.45) is 6.31. The second-order valence-corrected chi connectivity index (χ2v) is 8.38. The molecule has 0 bridgehead atoms. The first kappa shape index (κ1) is 19.7. The zero-order valence-corrected chi connectivity index (χ0v) is 17.5. The van der Waals surface area contributed by atoms with Crippen LogP contribution in [0.2, 0.25) is 0 Å². The maximum atomic E-state index is 13.0.